The Kier molecular flexibility index (Phi) is 5.96. The van der Waals surface area contributed by atoms with Gasteiger partial charge in [0.25, 0.3) is 0 Å². The van der Waals surface area contributed by atoms with Gasteiger partial charge in [-0.3, -0.25) is 4.79 Å². The normalized spacial score (nSPS) is 12.3. The van der Waals surface area contributed by atoms with E-state index in [1.165, 1.54) is 17.3 Å². The van der Waals surface area contributed by atoms with Crippen molar-refractivity contribution in [2.45, 2.75) is 24.6 Å². The van der Waals surface area contributed by atoms with Gasteiger partial charge in [0.05, 0.1) is 11.8 Å². The summed E-state index contributed by atoms with van der Waals surface area (Å²) in [6.07, 6.45) is 2.01. The predicted molar refractivity (Wildman–Crippen MR) is 67.4 cm³/mol. The summed E-state index contributed by atoms with van der Waals surface area (Å²) in [5.41, 5.74) is 7.15. The van der Waals surface area contributed by atoms with Crippen LogP contribution in [0.15, 0.2) is 30.3 Å². The fraction of sp³-hybridized carbons (Fsp3) is 0.417. The number of rotatable bonds is 7. The third-order valence-corrected chi connectivity index (χ3v) is 3.31. The van der Waals surface area contributed by atoms with E-state index in [2.05, 4.69) is 12.1 Å². The average Bonchev–Trinajstić information content (AvgIpc) is 2.27. The minimum absolute atomic E-state index is 0.0274. The molecule has 0 aliphatic heterocycles. The Morgan fingerprint density at radius 2 is 2.06 bits per heavy atom. The Balaban J connectivity index is 2.15. The molecular formula is C12H17NO2S. The SMILES string of the molecule is NC(CCc1ccccc1)SCCC(=O)O. The number of benzene rings is 1. The number of carbonyl (C=O) groups is 1. The standard InChI is InChI=1S/C12H17NO2S/c13-11(16-9-8-12(14)15)7-6-10-4-2-1-3-5-10/h1-5,11H,6-9,13H2,(H,14,15). The second-order valence-corrected chi connectivity index (χ2v) is 4.92. The van der Waals surface area contributed by atoms with Crippen molar-refractivity contribution in [1.82, 2.24) is 0 Å². The fourth-order valence-electron chi connectivity index (χ4n) is 1.33. The summed E-state index contributed by atoms with van der Waals surface area (Å²) in [6.45, 7) is 0. The topological polar surface area (TPSA) is 63.3 Å². The molecule has 1 aromatic carbocycles. The number of hydrogen-bond donors (Lipinski definition) is 2. The van der Waals surface area contributed by atoms with Gasteiger partial charge >= 0.3 is 5.97 Å². The molecule has 0 heterocycles. The predicted octanol–water partition coefficient (Wildman–Crippen LogP) is 2.11. The van der Waals surface area contributed by atoms with Gasteiger partial charge in [-0.15, -0.1) is 11.8 Å². The van der Waals surface area contributed by atoms with Crippen LogP contribution in [0.1, 0.15) is 18.4 Å². The van der Waals surface area contributed by atoms with Crippen LogP contribution in [0.25, 0.3) is 0 Å². The highest BCUT2D eigenvalue weighted by Gasteiger charge is 2.05. The molecular weight excluding hydrogens is 222 g/mol. The highest BCUT2D eigenvalue weighted by atomic mass is 32.2. The summed E-state index contributed by atoms with van der Waals surface area (Å²) in [5, 5.41) is 8.51. The second kappa shape index (κ2) is 7.30. The van der Waals surface area contributed by atoms with Crippen LogP contribution in [0, 0.1) is 0 Å². The van der Waals surface area contributed by atoms with Crippen molar-refractivity contribution < 1.29 is 9.90 Å². The number of carboxylic acid groups (broad SMARTS) is 1. The molecule has 0 amide bonds. The molecule has 1 aromatic rings. The molecule has 0 aliphatic carbocycles. The molecule has 0 radical (unpaired) electrons. The van der Waals surface area contributed by atoms with Crippen LogP contribution in [0.4, 0.5) is 0 Å². The first kappa shape index (κ1) is 13.1. The lowest BCUT2D eigenvalue weighted by Gasteiger charge is -2.10. The van der Waals surface area contributed by atoms with Gasteiger partial charge in [-0.1, -0.05) is 30.3 Å². The average molecular weight is 239 g/mol. The molecule has 3 nitrogen and oxygen atoms in total. The molecule has 16 heavy (non-hydrogen) atoms. The molecule has 0 saturated heterocycles. The Labute approximate surface area is 100 Å². The molecule has 0 aliphatic rings. The van der Waals surface area contributed by atoms with Crippen LogP contribution in [0.5, 0.6) is 0 Å². The molecule has 4 heteroatoms. The molecule has 0 spiro atoms. The zero-order valence-electron chi connectivity index (χ0n) is 9.13. The van der Waals surface area contributed by atoms with Gasteiger partial charge in [-0.25, -0.2) is 0 Å². The van der Waals surface area contributed by atoms with Gasteiger partial charge in [-0.2, -0.15) is 0 Å². The van der Waals surface area contributed by atoms with Gasteiger partial charge < -0.3 is 10.8 Å². The Morgan fingerprint density at radius 3 is 2.69 bits per heavy atom. The van der Waals surface area contributed by atoms with Crippen molar-refractivity contribution in [3.05, 3.63) is 35.9 Å². The van der Waals surface area contributed by atoms with Gasteiger partial charge in [0, 0.05) is 5.75 Å². The maximum absolute atomic E-state index is 10.3. The van der Waals surface area contributed by atoms with Crippen molar-refractivity contribution in [3.63, 3.8) is 0 Å². The van der Waals surface area contributed by atoms with Crippen LogP contribution in [-0.4, -0.2) is 22.2 Å². The van der Waals surface area contributed by atoms with Crippen LogP contribution >= 0.6 is 11.8 Å². The zero-order valence-corrected chi connectivity index (χ0v) is 9.95. The molecule has 0 saturated carbocycles. The highest BCUT2D eigenvalue weighted by molar-refractivity contribution is 7.99. The van der Waals surface area contributed by atoms with Crippen molar-refractivity contribution in [1.29, 1.82) is 0 Å². The van der Waals surface area contributed by atoms with Crippen LogP contribution in [0.3, 0.4) is 0 Å². The molecule has 1 atom stereocenters. The quantitative estimate of drug-likeness (QED) is 0.715. The van der Waals surface area contributed by atoms with E-state index >= 15 is 0 Å². The van der Waals surface area contributed by atoms with E-state index in [1.807, 2.05) is 18.2 Å². The fourth-order valence-corrected chi connectivity index (χ4v) is 2.21. The third-order valence-electron chi connectivity index (χ3n) is 2.21. The van der Waals surface area contributed by atoms with Crippen LogP contribution < -0.4 is 5.73 Å². The van der Waals surface area contributed by atoms with E-state index in [-0.39, 0.29) is 11.8 Å². The van der Waals surface area contributed by atoms with Crippen molar-refractivity contribution >= 4 is 17.7 Å². The van der Waals surface area contributed by atoms with Crippen molar-refractivity contribution in [3.8, 4) is 0 Å². The van der Waals surface area contributed by atoms with Gasteiger partial charge in [0.2, 0.25) is 0 Å². The minimum Gasteiger partial charge on any atom is -0.481 e. The summed E-state index contributed by atoms with van der Waals surface area (Å²) in [5.74, 6) is -0.173. The maximum Gasteiger partial charge on any atom is 0.304 e. The molecule has 0 fully saturated rings. The lowest BCUT2D eigenvalue weighted by Crippen LogP contribution is -2.17. The lowest BCUT2D eigenvalue weighted by molar-refractivity contribution is -0.136. The van der Waals surface area contributed by atoms with Crippen LogP contribution in [-0.2, 0) is 11.2 Å². The zero-order chi connectivity index (χ0) is 11.8. The number of hydrogen-bond acceptors (Lipinski definition) is 3. The van der Waals surface area contributed by atoms with E-state index < -0.39 is 5.97 Å². The second-order valence-electron chi connectivity index (χ2n) is 3.58. The summed E-state index contributed by atoms with van der Waals surface area (Å²) in [7, 11) is 0. The Bertz CT molecular complexity index is 316. The summed E-state index contributed by atoms with van der Waals surface area (Å²) >= 11 is 1.52. The number of carboxylic acids is 1. The minimum atomic E-state index is -0.761. The van der Waals surface area contributed by atoms with E-state index in [1.54, 1.807) is 0 Å². The largest absolute Gasteiger partial charge is 0.481 e. The van der Waals surface area contributed by atoms with E-state index in [0.717, 1.165) is 12.8 Å². The smallest absolute Gasteiger partial charge is 0.304 e. The number of nitrogens with two attached hydrogens (primary N) is 1. The first-order valence-electron chi connectivity index (χ1n) is 5.31. The van der Waals surface area contributed by atoms with E-state index in [0.29, 0.717) is 5.75 Å². The Morgan fingerprint density at radius 1 is 1.38 bits per heavy atom. The molecule has 1 rings (SSSR count). The number of aryl methyl sites for hydroxylation is 1. The maximum atomic E-state index is 10.3. The van der Waals surface area contributed by atoms with Gasteiger partial charge in [0.15, 0.2) is 0 Å². The number of thioether (sulfide) groups is 1. The molecule has 0 bridgehead atoms. The number of aliphatic carboxylic acids is 1. The summed E-state index contributed by atoms with van der Waals surface area (Å²) in [4.78, 5) is 10.3. The highest BCUT2D eigenvalue weighted by Crippen LogP contribution is 2.13. The van der Waals surface area contributed by atoms with E-state index in [4.69, 9.17) is 10.8 Å². The molecule has 88 valence electrons. The van der Waals surface area contributed by atoms with Crippen molar-refractivity contribution in [2.24, 2.45) is 5.73 Å². The summed E-state index contributed by atoms with van der Waals surface area (Å²) < 4.78 is 0. The molecule has 3 N–H and O–H groups in total. The van der Waals surface area contributed by atoms with E-state index in [9.17, 15) is 4.79 Å². The first-order chi connectivity index (χ1) is 7.68. The van der Waals surface area contributed by atoms with Crippen molar-refractivity contribution in [2.75, 3.05) is 5.75 Å². The third kappa shape index (κ3) is 5.78. The van der Waals surface area contributed by atoms with Gasteiger partial charge in [-0.05, 0) is 18.4 Å². The lowest BCUT2D eigenvalue weighted by atomic mass is 10.1. The first-order valence-corrected chi connectivity index (χ1v) is 6.36. The Hall–Kier alpha value is -1.00. The van der Waals surface area contributed by atoms with Gasteiger partial charge in [0.1, 0.15) is 0 Å². The summed E-state index contributed by atoms with van der Waals surface area (Å²) in [6, 6.07) is 10.2. The molecule has 0 aromatic heterocycles. The molecule has 1 unspecified atom stereocenters. The van der Waals surface area contributed by atoms with Crippen LogP contribution in [0.2, 0.25) is 0 Å². The monoisotopic (exact) mass is 239 g/mol.